The van der Waals surface area contributed by atoms with E-state index in [1.54, 1.807) is 0 Å². The number of nitrogens with zero attached hydrogens (tertiary/aromatic N) is 5. The third kappa shape index (κ3) is 4.22. The van der Waals surface area contributed by atoms with Gasteiger partial charge in [-0.15, -0.1) is 0 Å². The second-order valence-electron chi connectivity index (χ2n) is 5.08. The predicted molar refractivity (Wildman–Crippen MR) is 87.2 cm³/mol. The third-order valence-corrected chi connectivity index (χ3v) is 3.33. The molecule has 0 unspecified atom stereocenters. The quantitative estimate of drug-likeness (QED) is 0.476. The van der Waals surface area contributed by atoms with Crippen LogP contribution in [0.2, 0.25) is 0 Å². The summed E-state index contributed by atoms with van der Waals surface area (Å²) in [5.41, 5.74) is 3.16. The fourth-order valence-electron chi connectivity index (χ4n) is 2.14. The molecule has 0 saturated heterocycles. The minimum atomic E-state index is -0.543. The smallest absolute Gasteiger partial charge is 0.271 e. The van der Waals surface area contributed by atoms with Crippen LogP contribution in [0.1, 0.15) is 17.0 Å². The maximum Gasteiger partial charge on any atom is 0.312 e. The SMILES string of the molecule is Cc1nn(CC(=O)N/N=C/c2ccc([N+](=O)[O-])cc2)c(C)c1[N+](=O)[O-]. The van der Waals surface area contributed by atoms with Crippen LogP contribution in [0, 0.1) is 34.1 Å². The summed E-state index contributed by atoms with van der Waals surface area (Å²) in [5, 5.41) is 29.2. The van der Waals surface area contributed by atoms with Crippen LogP contribution in [0.25, 0.3) is 0 Å². The lowest BCUT2D eigenvalue weighted by molar-refractivity contribution is -0.386. The molecular weight excluding hydrogens is 332 g/mol. The molecule has 0 radical (unpaired) electrons. The molecule has 1 amide bonds. The van der Waals surface area contributed by atoms with E-state index in [4.69, 9.17) is 0 Å². The van der Waals surface area contributed by atoms with Crippen molar-refractivity contribution in [2.45, 2.75) is 20.4 Å². The summed E-state index contributed by atoms with van der Waals surface area (Å²) in [7, 11) is 0. The molecule has 0 saturated carbocycles. The Bertz CT molecular complexity index is 855. The van der Waals surface area contributed by atoms with Crippen LogP contribution in [0.3, 0.4) is 0 Å². The molecule has 1 N–H and O–H groups in total. The molecule has 0 aliphatic heterocycles. The second kappa shape index (κ2) is 7.29. The van der Waals surface area contributed by atoms with Crippen LogP contribution in [0.15, 0.2) is 29.4 Å². The lowest BCUT2D eigenvalue weighted by atomic mass is 10.2. The van der Waals surface area contributed by atoms with Crippen molar-refractivity contribution in [1.82, 2.24) is 15.2 Å². The predicted octanol–water partition coefficient (Wildman–Crippen LogP) is 1.47. The number of nitro benzene ring substituents is 1. The molecule has 2 rings (SSSR count). The summed E-state index contributed by atoms with van der Waals surface area (Å²) in [5.74, 6) is -0.515. The first-order valence-corrected chi connectivity index (χ1v) is 7.04. The lowest BCUT2D eigenvalue weighted by Gasteiger charge is -2.02. The Morgan fingerprint density at radius 1 is 1.24 bits per heavy atom. The number of amides is 1. The highest BCUT2D eigenvalue weighted by atomic mass is 16.6. The second-order valence-corrected chi connectivity index (χ2v) is 5.08. The molecule has 11 nitrogen and oxygen atoms in total. The molecule has 0 spiro atoms. The minimum Gasteiger partial charge on any atom is -0.271 e. The number of aromatic nitrogens is 2. The monoisotopic (exact) mass is 346 g/mol. The number of nitrogens with one attached hydrogen (secondary N) is 1. The number of aryl methyl sites for hydroxylation is 1. The van der Waals surface area contributed by atoms with Gasteiger partial charge in [0.1, 0.15) is 17.9 Å². The number of carbonyl (C=O) groups is 1. The van der Waals surface area contributed by atoms with E-state index in [1.807, 2.05) is 0 Å². The largest absolute Gasteiger partial charge is 0.312 e. The average molecular weight is 346 g/mol. The zero-order valence-electron chi connectivity index (χ0n) is 13.4. The summed E-state index contributed by atoms with van der Waals surface area (Å²) in [6, 6.07) is 5.60. The number of carbonyl (C=O) groups excluding carboxylic acids is 1. The van der Waals surface area contributed by atoms with Crippen LogP contribution in [0.5, 0.6) is 0 Å². The van der Waals surface area contributed by atoms with Gasteiger partial charge in [0.05, 0.1) is 16.1 Å². The Hall–Kier alpha value is -3.63. The fraction of sp³-hybridized carbons (Fsp3) is 0.214. The van der Waals surface area contributed by atoms with Gasteiger partial charge in [0.2, 0.25) is 0 Å². The van der Waals surface area contributed by atoms with Crippen molar-refractivity contribution in [2.24, 2.45) is 5.10 Å². The van der Waals surface area contributed by atoms with Crippen molar-refractivity contribution < 1.29 is 14.6 Å². The van der Waals surface area contributed by atoms with E-state index in [0.29, 0.717) is 5.56 Å². The topological polar surface area (TPSA) is 146 Å². The van der Waals surface area contributed by atoms with Gasteiger partial charge in [-0.1, -0.05) is 0 Å². The van der Waals surface area contributed by atoms with E-state index in [0.717, 1.165) is 0 Å². The molecule has 0 bridgehead atoms. The molecule has 130 valence electrons. The molecule has 1 heterocycles. The van der Waals surface area contributed by atoms with Gasteiger partial charge in [-0.2, -0.15) is 10.2 Å². The summed E-state index contributed by atoms with van der Waals surface area (Å²) in [6.07, 6.45) is 1.32. The number of hydrazone groups is 1. The summed E-state index contributed by atoms with van der Waals surface area (Å²) < 4.78 is 1.23. The van der Waals surface area contributed by atoms with E-state index in [1.165, 1.54) is 49.0 Å². The third-order valence-electron chi connectivity index (χ3n) is 3.33. The normalized spacial score (nSPS) is 10.8. The first-order chi connectivity index (χ1) is 11.8. The van der Waals surface area contributed by atoms with Gasteiger partial charge < -0.3 is 0 Å². The summed E-state index contributed by atoms with van der Waals surface area (Å²) >= 11 is 0. The van der Waals surface area contributed by atoms with Gasteiger partial charge in [-0.25, -0.2) is 5.43 Å². The van der Waals surface area contributed by atoms with Crippen molar-refractivity contribution in [3.63, 3.8) is 0 Å². The number of hydrogen-bond acceptors (Lipinski definition) is 7. The number of benzene rings is 1. The molecule has 25 heavy (non-hydrogen) atoms. The van der Waals surface area contributed by atoms with Gasteiger partial charge in [0.15, 0.2) is 0 Å². The summed E-state index contributed by atoms with van der Waals surface area (Å²) in [4.78, 5) is 32.3. The van der Waals surface area contributed by atoms with Crippen LogP contribution in [-0.2, 0) is 11.3 Å². The fourth-order valence-corrected chi connectivity index (χ4v) is 2.14. The van der Waals surface area contributed by atoms with E-state index < -0.39 is 15.8 Å². The first-order valence-electron chi connectivity index (χ1n) is 7.04. The zero-order chi connectivity index (χ0) is 18.6. The number of nitro groups is 2. The Balaban J connectivity index is 1.98. The molecule has 2 aromatic rings. The molecule has 1 aromatic heterocycles. The Morgan fingerprint density at radius 2 is 1.88 bits per heavy atom. The van der Waals surface area contributed by atoms with E-state index in [9.17, 15) is 25.0 Å². The van der Waals surface area contributed by atoms with Gasteiger partial charge in [0, 0.05) is 12.1 Å². The molecule has 0 atom stereocenters. The maximum atomic E-state index is 11.8. The van der Waals surface area contributed by atoms with Gasteiger partial charge in [0.25, 0.3) is 11.6 Å². The highest BCUT2D eigenvalue weighted by Gasteiger charge is 2.22. The molecular formula is C14H14N6O5. The Kier molecular flexibility index (Phi) is 5.17. The van der Waals surface area contributed by atoms with Crippen molar-refractivity contribution in [1.29, 1.82) is 0 Å². The van der Waals surface area contributed by atoms with Crippen molar-refractivity contribution in [2.75, 3.05) is 0 Å². The number of rotatable bonds is 6. The van der Waals surface area contributed by atoms with Crippen molar-refractivity contribution in [3.8, 4) is 0 Å². The van der Waals surface area contributed by atoms with Crippen LogP contribution in [0.4, 0.5) is 11.4 Å². The van der Waals surface area contributed by atoms with E-state index >= 15 is 0 Å². The number of hydrogen-bond donors (Lipinski definition) is 1. The van der Waals surface area contributed by atoms with Crippen LogP contribution < -0.4 is 5.43 Å². The lowest BCUT2D eigenvalue weighted by Crippen LogP contribution is -2.24. The highest BCUT2D eigenvalue weighted by Crippen LogP contribution is 2.21. The summed E-state index contributed by atoms with van der Waals surface area (Å²) in [6.45, 7) is 2.77. The zero-order valence-corrected chi connectivity index (χ0v) is 13.4. The van der Waals surface area contributed by atoms with Crippen molar-refractivity contribution in [3.05, 3.63) is 61.4 Å². The Labute approximate surface area is 141 Å². The van der Waals surface area contributed by atoms with Crippen LogP contribution >= 0.6 is 0 Å². The van der Waals surface area contributed by atoms with Gasteiger partial charge >= 0.3 is 5.69 Å². The van der Waals surface area contributed by atoms with E-state index in [-0.39, 0.29) is 29.3 Å². The molecule has 0 fully saturated rings. The van der Waals surface area contributed by atoms with E-state index in [2.05, 4.69) is 15.6 Å². The standard InChI is InChI=1S/C14H14N6O5/c1-9-14(20(24)25)10(2)18(17-9)8-13(21)16-15-7-11-3-5-12(6-4-11)19(22)23/h3-7H,8H2,1-2H3,(H,16,21)/b15-7+. The molecule has 11 heteroatoms. The maximum absolute atomic E-state index is 11.8. The number of non-ortho nitro benzene ring substituents is 1. The molecule has 0 aliphatic carbocycles. The van der Waals surface area contributed by atoms with Crippen molar-refractivity contribution >= 4 is 23.5 Å². The molecule has 0 aliphatic rings. The average Bonchev–Trinajstić information content (AvgIpc) is 2.81. The highest BCUT2D eigenvalue weighted by molar-refractivity contribution is 5.82. The Morgan fingerprint density at radius 3 is 2.40 bits per heavy atom. The van der Waals surface area contributed by atoms with Crippen LogP contribution in [-0.4, -0.2) is 31.7 Å². The first kappa shape index (κ1) is 17.7. The van der Waals surface area contributed by atoms with Gasteiger partial charge in [-0.05, 0) is 31.5 Å². The van der Waals surface area contributed by atoms with Gasteiger partial charge in [-0.3, -0.25) is 29.7 Å². The minimum absolute atomic E-state index is 0.0488. The molecule has 1 aromatic carbocycles.